The summed E-state index contributed by atoms with van der Waals surface area (Å²) in [7, 11) is 0. The van der Waals surface area contributed by atoms with Crippen molar-refractivity contribution < 1.29 is 4.74 Å². The van der Waals surface area contributed by atoms with Crippen molar-refractivity contribution in [3.05, 3.63) is 212 Å². The number of thiophene rings is 1. The van der Waals surface area contributed by atoms with Crippen LogP contribution in [-0.2, 0) is 0 Å². The molecule has 0 radical (unpaired) electrons. The summed E-state index contributed by atoms with van der Waals surface area (Å²) in [4.78, 5) is 4.84. The van der Waals surface area contributed by atoms with Gasteiger partial charge in [-0.05, 0) is 102 Å². The van der Waals surface area contributed by atoms with E-state index >= 15 is 0 Å². The largest absolute Gasteiger partial charge is 0.482 e. The van der Waals surface area contributed by atoms with Crippen LogP contribution in [-0.4, -0.2) is 5.60 Å². The molecule has 1 aliphatic heterocycles. The molecule has 272 valence electrons. The second kappa shape index (κ2) is 13.4. The van der Waals surface area contributed by atoms with Gasteiger partial charge in [0.2, 0.25) is 0 Å². The molecule has 9 aromatic rings. The number of hydrogen-bond donors (Lipinski definition) is 0. The van der Waals surface area contributed by atoms with Gasteiger partial charge < -0.3 is 14.5 Å². The number of anilines is 6. The monoisotopic (exact) mass is 750 g/mol. The van der Waals surface area contributed by atoms with Gasteiger partial charge in [-0.25, -0.2) is 0 Å². The maximum Gasteiger partial charge on any atom is 0.135 e. The molecule has 11 rings (SSSR count). The van der Waals surface area contributed by atoms with Gasteiger partial charge in [-0.2, -0.15) is 0 Å². The lowest BCUT2D eigenvalue weighted by atomic mass is 9.82. The van der Waals surface area contributed by atoms with Crippen LogP contribution >= 0.6 is 11.3 Å². The number of nitrogens with zero attached hydrogens (tertiary/aromatic N) is 2. The SMILES string of the molecule is CC12C=CC=CC1c1ccc(N(c3ccccc3)c3ccc(N(c4ccccc4)c4cccc(-c5ccccc5)c4)c4c3sc3cc5ccccc5cc34)cc1O2. The molecule has 2 aliphatic rings. The maximum absolute atomic E-state index is 6.76. The first kappa shape index (κ1) is 33.5. The number of rotatable bonds is 7. The van der Waals surface area contributed by atoms with Crippen LogP contribution < -0.4 is 14.5 Å². The van der Waals surface area contributed by atoms with Crippen LogP contribution in [0.1, 0.15) is 18.4 Å². The molecule has 0 N–H and O–H groups in total. The van der Waals surface area contributed by atoms with Crippen molar-refractivity contribution in [1.29, 1.82) is 0 Å². The van der Waals surface area contributed by atoms with Gasteiger partial charge in [0.15, 0.2) is 0 Å². The Hall–Kier alpha value is -6.88. The Morgan fingerprint density at radius 1 is 0.526 bits per heavy atom. The predicted molar refractivity (Wildman–Crippen MR) is 242 cm³/mol. The Labute approximate surface area is 336 Å². The van der Waals surface area contributed by atoms with Crippen LogP contribution in [0.15, 0.2) is 206 Å². The van der Waals surface area contributed by atoms with E-state index in [1.165, 1.54) is 47.6 Å². The molecule has 8 aromatic carbocycles. The van der Waals surface area contributed by atoms with Gasteiger partial charge in [-0.3, -0.25) is 0 Å². The smallest absolute Gasteiger partial charge is 0.135 e. The number of hydrogen-bond acceptors (Lipinski definition) is 4. The van der Waals surface area contributed by atoms with E-state index in [2.05, 4.69) is 223 Å². The Kier molecular flexibility index (Phi) is 7.87. The second-order valence-electron chi connectivity index (χ2n) is 15.1. The standard InChI is InChI=1S/C53H38N2OS/c1-53-31-14-13-26-46(53)44-28-27-43(35-49(44)56-53)55(41-23-9-4-10-24-41)48-30-29-47(51-45-33-38-18-11-12-19-39(38)34-50(45)57-52(48)51)54(40-21-7-3-8-22-40)42-25-15-20-37(32-42)36-16-5-2-6-17-36/h2-35,46H,1H3. The van der Waals surface area contributed by atoms with Crippen LogP contribution in [0.4, 0.5) is 34.1 Å². The van der Waals surface area contributed by atoms with Crippen molar-refractivity contribution in [3.63, 3.8) is 0 Å². The lowest BCUT2D eigenvalue weighted by Crippen LogP contribution is -2.32. The molecule has 1 aromatic heterocycles. The van der Waals surface area contributed by atoms with Crippen LogP contribution in [0.2, 0.25) is 0 Å². The molecule has 2 heterocycles. The molecule has 2 unspecified atom stereocenters. The van der Waals surface area contributed by atoms with Gasteiger partial charge in [-0.1, -0.05) is 127 Å². The molecule has 2 atom stereocenters. The molecule has 57 heavy (non-hydrogen) atoms. The third kappa shape index (κ3) is 5.63. The Morgan fingerprint density at radius 3 is 1.89 bits per heavy atom. The van der Waals surface area contributed by atoms with E-state index in [1.807, 2.05) is 11.3 Å². The highest BCUT2D eigenvalue weighted by molar-refractivity contribution is 7.26. The number of para-hydroxylation sites is 2. The Morgan fingerprint density at radius 2 is 1.14 bits per heavy atom. The van der Waals surface area contributed by atoms with Crippen molar-refractivity contribution in [2.24, 2.45) is 0 Å². The number of benzene rings is 8. The van der Waals surface area contributed by atoms with E-state index < -0.39 is 5.60 Å². The summed E-state index contributed by atoms with van der Waals surface area (Å²) in [6, 6.07) is 65.9. The van der Waals surface area contributed by atoms with Crippen molar-refractivity contribution in [2.75, 3.05) is 9.80 Å². The predicted octanol–water partition coefficient (Wildman–Crippen LogP) is 15.2. The normalized spacial score (nSPS) is 16.8. The molecule has 0 saturated heterocycles. The summed E-state index contributed by atoms with van der Waals surface area (Å²) in [5, 5.41) is 4.93. The fourth-order valence-corrected chi connectivity index (χ4v) is 10.1. The summed E-state index contributed by atoms with van der Waals surface area (Å²) in [6.45, 7) is 2.18. The second-order valence-corrected chi connectivity index (χ2v) is 16.1. The third-order valence-electron chi connectivity index (χ3n) is 11.5. The molecule has 1 aliphatic carbocycles. The first-order chi connectivity index (χ1) is 28.1. The fourth-order valence-electron chi connectivity index (χ4n) is 8.83. The Bertz CT molecular complexity index is 3020. The van der Waals surface area contributed by atoms with Crippen LogP contribution in [0.25, 0.3) is 42.1 Å². The zero-order chi connectivity index (χ0) is 37.9. The summed E-state index contributed by atoms with van der Waals surface area (Å²) in [5.41, 5.74) is 9.80. The summed E-state index contributed by atoms with van der Waals surface area (Å²) in [5.74, 6) is 1.12. The number of fused-ring (bicyclic) bond motifs is 7. The van der Waals surface area contributed by atoms with Gasteiger partial charge in [0, 0.05) is 55.8 Å². The highest BCUT2D eigenvalue weighted by Crippen LogP contribution is 2.54. The van der Waals surface area contributed by atoms with Gasteiger partial charge in [-0.15, -0.1) is 11.3 Å². The Balaban J connectivity index is 1.18. The highest BCUT2D eigenvalue weighted by Gasteiger charge is 2.42. The average Bonchev–Trinajstić information content (AvgIpc) is 3.79. The van der Waals surface area contributed by atoms with Gasteiger partial charge in [0.1, 0.15) is 11.4 Å². The van der Waals surface area contributed by atoms with Crippen molar-refractivity contribution in [3.8, 4) is 16.9 Å². The molecule has 0 bridgehead atoms. The zero-order valence-electron chi connectivity index (χ0n) is 31.4. The lowest BCUT2D eigenvalue weighted by Gasteiger charge is -2.30. The van der Waals surface area contributed by atoms with Crippen molar-refractivity contribution in [2.45, 2.75) is 18.4 Å². The van der Waals surface area contributed by atoms with Gasteiger partial charge in [0.05, 0.1) is 16.1 Å². The minimum atomic E-state index is -0.394. The molecule has 0 spiro atoms. The van der Waals surface area contributed by atoms with Crippen LogP contribution in [0.3, 0.4) is 0 Å². The molecule has 4 heteroatoms. The minimum Gasteiger partial charge on any atom is -0.482 e. The van der Waals surface area contributed by atoms with Crippen molar-refractivity contribution >= 4 is 76.4 Å². The van der Waals surface area contributed by atoms with E-state index in [1.54, 1.807) is 0 Å². The number of allylic oxidation sites excluding steroid dienone is 2. The topological polar surface area (TPSA) is 15.7 Å². The van der Waals surface area contributed by atoms with Gasteiger partial charge in [0.25, 0.3) is 0 Å². The first-order valence-electron chi connectivity index (χ1n) is 19.5. The molecule has 0 fully saturated rings. The van der Waals surface area contributed by atoms with E-state index in [9.17, 15) is 0 Å². The third-order valence-corrected chi connectivity index (χ3v) is 12.7. The molecule has 0 saturated carbocycles. The summed E-state index contributed by atoms with van der Waals surface area (Å²) in [6.07, 6.45) is 8.68. The first-order valence-corrected chi connectivity index (χ1v) is 20.4. The minimum absolute atomic E-state index is 0.184. The van der Waals surface area contributed by atoms with Crippen LogP contribution in [0, 0.1) is 0 Å². The quantitative estimate of drug-likeness (QED) is 0.161. The highest BCUT2D eigenvalue weighted by atomic mass is 32.1. The number of ether oxygens (including phenoxy) is 1. The molecular formula is C53H38N2OS. The fraction of sp³-hybridized carbons (Fsp3) is 0.0566. The van der Waals surface area contributed by atoms with E-state index in [-0.39, 0.29) is 5.92 Å². The van der Waals surface area contributed by atoms with E-state index in [0.29, 0.717) is 0 Å². The zero-order valence-corrected chi connectivity index (χ0v) is 32.2. The van der Waals surface area contributed by atoms with Crippen LogP contribution in [0.5, 0.6) is 5.75 Å². The summed E-state index contributed by atoms with van der Waals surface area (Å²) >= 11 is 1.87. The van der Waals surface area contributed by atoms with Crippen molar-refractivity contribution in [1.82, 2.24) is 0 Å². The maximum atomic E-state index is 6.76. The molecular weight excluding hydrogens is 713 g/mol. The molecule has 0 amide bonds. The molecule has 3 nitrogen and oxygen atoms in total. The average molecular weight is 751 g/mol. The lowest BCUT2D eigenvalue weighted by molar-refractivity contribution is 0.155. The van der Waals surface area contributed by atoms with Gasteiger partial charge >= 0.3 is 0 Å². The summed E-state index contributed by atoms with van der Waals surface area (Å²) < 4.78 is 9.23. The van der Waals surface area contributed by atoms with E-state index in [4.69, 9.17) is 4.74 Å². The van der Waals surface area contributed by atoms with E-state index in [0.717, 1.165) is 39.9 Å².